The first-order valence-corrected chi connectivity index (χ1v) is 4.44. The van der Waals surface area contributed by atoms with Crippen LogP contribution in [0.2, 0.25) is 0 Å². The Balaban J connectivity index is 2.57. The van der Waals surface area contributed by atoms with Gasteiger partial charge in [0.05, 0.1) is 13.5 Å². The summed E-state index contributed by atoms with van der Waals surface area (Å²) < 4.78 is 0. The average Bonchev–Trinajstić information content (AvgIpc) is 2.49. The number of carbonyl (C=O) groups is 1. The standard InChI is InChI=1S/C8H14N4O2/c1-5(2)8(14)6(13)4-7-9-11-12(3)10-7/h5,8,14H,4H2,1-3H3. The van der Waals surface area contributed by atoms with Gasteiger partial charge >= 0.3 is 0 Å². The molecule has 1 unspecified atom stereocenters. The second kappa shape index (κ2) is 4.28. The first-order chi connectivity index (χ1) is 6.50. The van der Waals surface area contributed by atoms with Crippen LogP contribution < -0.4 is 0 Å². The normalized spacial score (nSPS) is 13.2. The molecule has 0 aliphatic rings. The maximum Gasteiger partial charge on any atom is 0.182 e. The Labute approximate surface area is 81.9 Å². The molecule has 0 radical (unpaired) electrons. The fourth-order valence-corrected chi connectivity index (χ4v) is 1.03. The minimum Gasteiger partial charge on any atom is -0.385 e. The van der Waals surface area contributed by atoms with Crippen molar-refractivity contribution in [2.75, 3.05) is 0 Å². The average molecular weight is 198 g/mol. The molecule has 1 aromatic rings. The lowest BCUT2D eigenvalue weighted by atomic mass is 10.0. The van der Waals surface area contributed by atoms with Crippen LogP contribution >= 0.6 is 0 Å². The topological polar surface area (TPSA) is 80.9 Å². The van der Waals surface area contributed by atoms with Gasteiger partial charge in [-0.2, -0.15) is 4.80 Å². The first kappa shape index (κ1) is 10.8. The molecule has 0 aliphatic carbocycles. The van der Waals surface area contributed by atoms with E-state index in [1.807, 2.05) is 0 Å². The molecule has 1 rings (SSSR count). The van der Waals surface area contributed by atoms with Crippen molar-refractivity contribution in [3.63, 3.8) is 0 Å². The summed E-state index contributed by atoms with van der Waals surface area (Å²) >= 11 is 0. The van der Waals surface area contributed by atoms with Crippen molar-refractivity contribution >= 4 is 5.78 Å². The Morgan fingerprint density at radius 2 is 2.21 bits per heavy atom. The zero-order valence-electron chi connectivity index (χ0n) is 8.51. The van der Waals surface area contributed by atoms with E-state index in [0.29, 0.717) is 5.82 Å². The van der Waals surface area contributed by atoms with Gasteiger partial charge in [-0.3, -0.25) is 4.79 Å². The molecule has 0 spiro atoms. The van der Waals surface area contributed by atoms with Crippen molar-refractivity contribution in [2.24, 2.45) is 13.0 Å². The van der Waals surface area contributed by atoms with E-state index in [9.17, 15) is 9.90 Å². The maximum absolute atomic E-state index is 11.4. The van der Waals surface area contributed by atoms with Crippen molar-refractivity contribution in [1.29, 1.82) is 0 Å². The number of carbonyl (C=O) groups excluding carboxylic acids is 1. The van der Waals surface area contributed by atoms with E-state index in [2.05, 4.69) is 15.4 Å². The molecule has 6 heteroatoms. The summed E-state index contributed by atoms with van der Waals surface area (Å²) in [5.41, 5.74) is 0. The molecular weight excluding hydrogens is 184 g/mol. The molecule has 0 saturated carbocycles. The van der Waals surface area contributed by atoms with E-state index in [1.165, 1.54) is 4.80 Å². The lowest BCUT2D eigenvalue weighted by Crippen LogP contribution is -2.27. The molecule has 0 saturated heterocycles. The van der Waals surface area contributed by atoms with Crippen LogP contribution in [0.15, 0.2) is 0 Å². The molecule has 6 nitrogen and oxygen atoms in total. The van der Waals surface area contributed by atoms with Crippen LogP contribution in [-0.4, -0.2) is 37.2 Å². The van der Waals surface area contributed by atoms with Crippen molar-refractivity contribution in [2.45, 2.75) is 26.4 Å². The summed E-state index contributed by atoms with van der Waals surface area (Å²) in [5.74, 6) is -0.00984. The van der Waals surface area contributed by atoms with Gasteiger partial charge in [-0.25, -0.2) is 0 Å². The molecule has 1 N–H and O–H groups in total. The van der Waals surface area contributed by atoms with E-state index < -0.39 is 6.10 Å². The van der Waals surface area contributed by atoms with Gasteiger partial charge < -0.3 is 5.11 Å². The second-order valence-corrected chi connectivity index (χ2v) is 3.53. The monoisotopic (exact) mass is 198 g/mol. The third-order valence-electron chi connectivity index (χ3n) is 1.84. The predicted octanol–water partition coefficient (Wildman–Crippen LogP) is -0.661. The second-order valence-electron chi connectivity index (χ2n) is 3.53. The molecule has 78 valence electrons. The van der Waals surface area contributed by atoms with Crippen LogP contribution in [0.3, 0.4) is 0 Å². The van der Waals surface area contributed by atoms with Gasteiger partial charge in [0.2, 0.25) is 0 Å². The lowest BCUT2D eigenvalue weighted by Gasteiger charge is -2.11. The van der Waals surface area contributed by atoms with Crippen LogP contribution in [0, 0.1) is 5.92 Å². The third-order valence-corrected chi connectivity index (χ3v) is 1.84. The molecule has 0 aromatic carbocycles. The number of rotatable bonds is 4. The first-order valence-electron chi connectivity index (χ1n) is 4.44. The number of aryl methyl sites for hydroxylation is 1. The molecule has 1 atom stereocenters. The highest BCUT2D eigenvalue weighted by Gasteiger charge is 2.20. The SMILES string of the molecule is CC(C)C(O)C(=O)Cc1nnn(C)n1. The van der Waals surface area contributed by atoms with Crippen LogP contribution in [-0.2, 0) is 18.3 Å². The number of aliphatic hydroxyl groups is 1. The largest absolute Gasteiger partial charge is 0.385 e. The summed E-state index contributed by atoms with van der Waals surface area (Å²) in [6.45, 7) is 3.57. The van der Waals surface area contributed by atoms with Gasteiger partial charge in [-0.15, -0.1) is 10.2 Å². The summed E-state index contributed by atoms with van der Waals surface area (Å²) in [7, 11) is 1.62. The van der Waals surface area contributed by atoms with Gasteiger partial charge in [-0.05, 0) is 11.1 Å². The number of hydrogen-bond donors (Lipinski definition) is 1. The van der Waals surface area contributed by atoms with Crippen LogP contribution in [0.5, 0.6) is 0 Å². The zero-order chi connectivity index (χ0) is 10.7. The van der Waals surface area contributed by atoms with E-state index in [1.54, 1.807) is 20.9 Å². The lowest BCUT2D eigenvalue weighted by molar-refractivity contribution is -0.128. The Morgan fingerprint density at radius 1 is 1.57 bits per heavy atom. The maximum atomic E-state index is 11.4. The smallest absolute Gasteiger partial charge is 0.182 e. The molecule has 0 aliphatic heterocycles. The van der Waals surface area contributed by atoms with E-state index in [0.717, 1.165) is 0 Å². The fourth-order valence-electron chi connectivity index (χ4n) is 1.03. The summed E-state index contributed by atoms with van der Waals surface area (Å²) in [6, 6.07) is 0. The van der Waals surface area contributed by atoms with E-state index in [4.69, 9.17) is 0 Å². The number of ketones is 1. The van der Waals surface area contributed by atoms with E-state index in [-0.39, 0.29) is 18.1 Å². The molecule has 0 bridgehead atoms. The number of Topliss-reactive ketones (excluding diaryl/α,β-unsaturated/α-hetero) is 1. The fraction of sp³-hybridized carbons (Fsp3) is 0.750. The molecule has 14 heavy (non-hydrogen) atoms. The molecule has 0 fully saturated rings. The minimum atomic E-state index is -0.946. The highest BCUT2D eigenvalue weighted by Crippen LogP contribution is 2.04. The summed E-state index contributed by atoms with van der Waals surface area (Å²) in [4.78, 5) is 12.7. The van der Waals surface area contributed by atoms with Crippen molar-refractivity contribution in [3.8, 4) is 0 Å². The molecular formula is C8H14N4O2. The molecule has 1 aromatic heterocycles. The van der Waals surface area contributed by atoms with Gasteiger partial charge in [0.25, 0.3) is 0 Å². The number of aliphatic hydroxyl groups excluding tert-OH is 1. The Hall–Kier alpha value is -1.30. The van der Waals surface area contributed by atoms with Gasteiger partial charge in [-0.1, -0.05) is 13.8 Å². The van der Waals surface area contributed by atoms with Gasteiger partial charge in [0.1, 0.15) is 6.10 Å². The Kier molecular flexibility index (Phi) is 3.29. The number of tetrazole rings is 1. The van der Waals surface area contributed by atoms with Crippen molar-refractivity contribution in [3.05, 3.63) is 5.82 Å². The van der Waals surface area contributed by atoms with Gasteiger partial charge in [0.15, 0.2) is 11.6 Å². The third kappa shape index (κ3) is 2.59. The molecule has 1 heterocycles. The van der Waals surface area contributed by atoms with Crippen molar-refractivity contribution in [1.82, 2.24) is 20.2 Å². The number of hydrogen-bond acceptors (Lipinski definition) is 5. The summed E-state index contributed by atoms with van der Waals surface area (Å²) in [5, 5.41) is 20.5. The number of aromatic nitrogens is 4. The molecule has 0 amide bonds. The van der Waals surface area contributed by atoms with Crippen LogP contribution in [0.25, 0.3) is 0 Å². The van der Waals surface area contributed by atoms with Gasteiger partial charge in [0, 0.05) is 0 Å². The Bertz CT molecular complexity index is 321. The zero-order valence-corrected chi connectivity index (χ0v) is 8.51. The minimum absolute atomic E-state index is 0.0349. The predicted molar refractivity (Wildman–Crippen MR) is 48.4 cm³/mol. The quantitative estimate of drug-likeness (QED) is 0.694. The number of nitrogens with zero attached hydrogens (tertiary/aromatic N) is 4. The van der Waals surface area contributed by atoms with E-state index >= 15 is 0 Å². The van der Waals surface area contributed by atoms with Crippen LogP contribution in [0.4, 0.5) is 0 Å². The van der Waals surface area contributed by atoms with Crippen molar-refractivity contribution < 1.29 is 9.90 Å². The highest BCUT2D eigenvalue weighted by atomic mass is 16.3. The van der Waals surface area contributed by atoms with Crippen LogP contribution in [0.1, 0.15) is 19.7 Å². The summed E-state index contributed by atoms with van der Waals surface area (Å²) in [6.07, 6.45) is -0.911. The highest BCUT2D eigenvalue weighted by molar-refractivity contribution is 5.84. The Morgan fingerprint density at radius 3 is 2.64 bits per heavy atom.